The second-order valence-corrected chi connectivity index (χ2v) is 2.20. The second kappa shape index (κ2) is 4.67. The van der Waals surface area contributed by atoms with Crippen molar-refractivity contribution in [1.29, 1.82) is 0 Å². The molecule has 0 spiro atoms. The largest absolute Gasteiger partial charge is 0.503 e. The second-order valence-electron chi connectivity index (χ2n) is 2.20. The maximum absolute atomic E-state index is 12.0. The number of carbonyl (C=O) groups is 2. The molecule has 0 aliphatic heterocycles. The highest BCUT2D eigenvalue weighted by Gasteiger charge is 2.42. The maximum atomic E-state index is 12.0. The van der Waals surface area contributed by atoms with Gasteiger partial charge in [0.1, 0.15) is 0 Å². The van der Waals surface area contributed by atoms with Gasteiger partial charge < -0.3 is 14.6 Å². The molecule has 8 heteroatoms. The Bertz CT molecular complexity index is 286. The third-order valence-corrected chi connectivity index (χ3v) is 1.28. The number of carbonyl (C=O) groups excluding carboxylic acids is 2. The molecule has 0 rings (SSSR count). The van der Waals surface area contributed by atoms with Crippen LogP contribution in [0.3, 0.4) is 0 Å². The van der Waals surface area contributed by atoms with E-state index >= 15 is 0 Å². The quantitative estimate of drug-likeness (QED) is 0.248. The molecule has 0 amide bonds. The molecule has 0 fully saturated rings. The van der Waals surface area contributed by atoms with E-state index in [1.165, 1.54) is 0 Å². The van der Waals surface area contributed by atoms with Gasteiger partial charge in [-0.3, -0.25) is 0 Å². The van der Waals surface area contributed by atoms with Crippen molar-refractivity contribution in [1.82, 2.24) is 0 Å². The molecule has 5 nitrogen and oxygen atoms in total. The van der Waals surface area contributed by atoms with Crippen LogP contribution in [-0.2, 0) is 19.1 Å². The molecule has 1 N–H and O–H groups in total. The summed E-state index contributed by atoms with van der Waals surface area (Å²) >= 11 is 0. The summed E-state index contributed by atoms with van der Waals surface area (Å²) in [5, 5.41) is 8.60. The van der Waals surface area contributed by atoms with Crippen LogP contribution in [0.4, 0.5) is 13.2 Å². The first-order chi connectivity index (χ1) is 6.75. The van der Waals surface area contributed by atoms with E-state index in [0.29, 0.717) is 0 Å². The van der Waals surface area contributed by atoms with Gasteiger partial charge in [0.05, 0.1) is 14.2 Å². The third kappa shape index (κ3) is 3.15. The first-order valence-electron chi connectivity index (χ1n) is 3.42. The number of alkyl halides is 3. The van der Waals surface area contributed by atoms with Crippen LogP contribution in [0.15, 0.2) is 11.3 Å². The summed E-state index contributed by atoms with van der Waals surface area (Å²) in [4.78, 5) is 21.5. The van der Waals surface area contributed by atoms with E-state index in [4.69, 9.17) is 5.11 Å². The lowest BCUT2D eigenvalue weighted by Gasteiger charge is -2.09. The first kappa shape index (κ1) is 13.3. The zero-order valence-corrected chi connectivity index (χ0v) is 7.71. The molecule has 86 valence electrons. The van der Waals surface area contributed by atoms with Gasteiger partial charge >= 0.3 is 18.1 Å². The Kier molecular flexibility index (Phi) is 4.13. The lowest BCUT2D eigenvalue weighted by atomic mass is 10.2. The van der Waals surface area contributed by atoms with Crippen LogP contribution in [0.1, 0.15) is 0 Å². The summed E-state index contributed by atoms with van der Waals surface area (Å²) in [7, 11) is 1.52. The highest BCUT2D eigenvalue weighted by atomic mass is 19.4. The molecule has 0 aromatic heterocycles. The van der Waals surface area contributed by atoms with E-state index in [9.17, 15) is 22.8 Å². The van der Waals surface area contributed by atoms with Crippen LogP contribution in [0.2, 0.25) is 0 Å². The number of hydrogen-bond donors (Lipinski definition) is 1. The Hall–Kier alpha value is -1.73. The number of allylic oxidation sites excluding steroid dienone is 1. The van der Waals surface area contributed by atoms with E-state index < -0.39 is 29.4 Å². The van der Waals surface area contributed by atoms with Crippen LogP contribution in [0, 0.1) is 0 Å². The molecular weight excluding hydrogens is 221 g/mol. The molecule has 0 aliphatic carbocycles. The van der Waals surface area contributed by atoms with E-state index in [-0.39, 0.29) is 0 Å². The van der Waals surface area contributed by atoms with Crippen LogP contribution in [-0.4, -0.2) is 37.4 Å². The monoisotopic (exact) mass is 228 g/mol. The average molecular weight is 228 g/mol. The summed E-state index contributed by atoms with van der Waals surface area (Å²) < 4.78 is 43.7. The van der Waals surface area contributed by atoms with Gasteiger partial charge in [0.25, 0.3) is 0 Å². The van der Waals surface area contributed by atoms with E-state index in [0.717, 1.165) is 14.2 Å². The number of methoxy groups -OCH3 is 2. The van der Waals surface area contributed by atoms with Crippen molar-refractivity contribution in [3.05, 3.63) is 11.3 Å². The number of hydrogen-bond acceptors (Lipinski definition) is 5. The SMILES string of the molecule is COC(=O)C(C(=O)OC)=C(O)C(F)(F)F. The smallest absolute Gasteiger partial charge is 0.449 e. The zero-order valence-electron chi connectivity index (χ0n) is 7.71. The average Bonchev–Trinajstić information content (AvgIpc) is 2.15. The van der Waals surface area contributed by atoms with Crippen molar-refractivity contribution in [2.75, 3.05) is 14.2 Å². The lowest BCUT2D eigenvalue weighted by molar-refractivity contribution is -0.149. The number of halogens is 3. The molecule has 0 unspecified atom stereocenters. The number of esters is 2. The Morgan fingerprint density at radius 1 is 1.07 bits per heavy atom. The predicted molar refractivity (Wildman–Crippen MR) is 39.7 cm³/mol. The normalized spacial score (nSPS) is 10.5. The molecule has 0 saturated heterocycles. The fourth-order valence-corrected chi connectivity index (χ4v) is 0.623. The minimum absolute atomic E-state index is 0.759. The van der Waals surface area contributed by atoms with Crippen molar-refractivity contribution in [3.63, 3.8) is 0 Å². The van der Waals surface area contributed by atoms with Crippen LogP contribution >= 0.6 is 0 Å². The standard InChI is InChI=1S/C7H7F3O5/c1-14-5(12)3(6(13)15-2)4(11)7(8,9)10/h11H,1-2H3. The molecule has 15 heavy (non-hydrogen) atoms. The van der Waals surface area contributed by atoms with Crippen LogP contribution in [0.25, 0.3) is 0 Å². The fourth-order valence-electron chi connectivity index (χ4n) is 0.623. The van der Waals surface area contributed by atoms with Gasteiger partial charge in [0.2, 0.25) is 5.76 Å². The van der Waals surface area contributed by atoms with Gasteiger partial charge in [-0.25, -0.2) is 9.59 Å². The van der Waals surface area contributed by atoms with Gasteiger partial charge in [-0.1, -0.05) is 0 Å². The van der Waals surface area contributed by atoms with Gasteiger partial charge in [-0.05, 0) is 0 Å². The van der Waals surface area contributed by atoms with E-state index in [2.05, 4.69) is 9.47 Å². The van der Waals surface area contributed by atoms with Crippen molar-refractivity contribution >= 4 is 11.9 Å². The van der Waals surface area contributed by atoms with E-state index in [1.807, 2.05) is 0 Å². The molecule has 0 radical (unpaired) electrons. The third-order valence-electron chi connectivity index (χ3n) is 1.28. The maximum Gasteiger partial charge on any atom is 0.449 e. The highest BCUT2D eigenvalue weighted by Crippen LogP contribution is 2.26. The minimum Gasteiger partial charge on any atom is -0.503 e. The molecule has 0 aromatic carbocycles. The zero-order chi connectivity index (χ0) is 12.2. The number of aliphatic hydroxyl groups is 1. The summed E-state index contributed by atoms with van der Waals surface area (Å²) in [5.74, 6) is -5.60. The van der Waals surface area contributed by atoms with Crippen molar-refractivity contribution < 1.29 is 37.3 Å². The topological polar surface area (TPSA) is 72.8 Å². The predicted octanol–water partition coefficient (Wildman–Crippen LogP) is 0.707. The lowest BCUT2D eigenvalue weighted by Crippen LogP contribution is -2.24. The molecule has 0 heterocycles. The fraction of sp³-hybridized carbons (Fsp3) is 0.429. The number of aliphatic hydroxyl groups excluding tert-OH is 1. The molecule has 0 bridgehead atoms. The van der Waals surface area contributed by atoms with Crippen LogP contribution in [0.5, 0.6) is 0 Å². The van der Waals surface area contributed by atoms with Crippen molar-refractivity contribution in [2.24, 2.45) is 0 Å². The molecule has 0 aromatic rings. The summed E-state index contributed by atoms with van der Waals surface area (Å²) in [6.07, 6.45) is -5.22. The van der Waals surface area contributed by atoms with E-state index in [1.54, 1.807) is 0 Å². The Labute approximate surface area is 82.1 Å². The summed E-state index contributed by atoms with van der Waals surface area (Å²) in [5.41, 5.74) is -1.59. The Balaban J connectivity index is 5.46. The van der Waals surface area contributed by atoms with Crippen LogP contribution < -0.4 is 0 Å². The summed E-state index contributed by atoms with van der Waals surface area (Å²) in [6.45, 7) is 0. The van der Waals surface area contributed by atoms with Crippen molar-refractivity contribution in [3.8, 4) is 0 Å². The number of ether oxygens (including phenoxy) is 2. The minimum atomic E-state index is -5.22. The molecule has 0 aliphatic rings. The van der Waals surface area contributed by atoms with Gasteiger partial charge in [-0.15, -0.1) is 0 Å². The van der Waals surface area contributed by atoms with Gasteiger partial charge in [-0.2, -0.15) is 13.2 Å². The molecular formula is C7H7F3O5. The first-order valence-corrected chi connectivity index (χ1v) is 3.42. The van der Waals surface area contributed by atoms with Gasteiger partial charge in [0.15, 0.2) is 5.57 Å². The van der Waals surface area contributed by atoms with Gasteiger partial charge in [0, 0.05) is 0 Å². The molecule has 0 atom stereocenters. The van der Waals surface area contributed by atoms with Crippen molar-refractivity contribution in [2.45, 2.75) is 6.18 Å². The Morgan fingerprint density at radius 2 is 1.40 bits per heavy atom. The highest BCUT2D eigenvalue weighted by molar-refractivity contribution is 6.14. The Morgan fingerprint density at radius 3 is 1.60 bits per heavy atom. The number of rotatable bonds is 2. The summed E-state index contributed by atoms with van der Waals surface area (Å²) in [6, 6.07) is 0. The molecule has 0 saturated carbocycles.